The van der Waals surface area contributed by atoms with Crippen molar-refractivity contribution in [1.29, 1.82) is 0 Å². The predicted octanol–water partition coefficient (Wildman–Crippen LogP) is 13.1. The Kier molecular flexibility index (Phi) is 22.3. The molecule has 0 bridgehead atoms. The molecule has 3 aliphatic heterocycles. The van der Waals surface area contributed by atoms with Gasteiger partial charge in [0.2, 0.25) is 55.5 Å². The van der Waals surface area contributed by atoms with E-state index < -0.39 is 118 Å². The van der Waals surface area contributed by atoms with E-state index in [1.807, 2.05) is 64.1 Å². The number of benzene rings is 2. The highest BCUT2D eigenvalue weighted by atomic mass is 32.2. The Balaban J connectivity index is 0.000000203. The second kappa shape index (κ2) is 30.4. The number of alkyl halides is 6. The quantitative estimate of drug-likeness (QED) is 0.0385. The van der Waals surface area contributed by atoms with Crippen molar-refractivity contribution in [3.05, 3.63) is 118 Å². The van der Waals surface area contributed by atoms with Gasteiger partial charge in [-0.1, -0.05) is 42.9 Å². The summed E-state index contributed by atoms with van der Waals surface area (Å²) in [5.41, 5.74) is 0.199. The standard InChI is InChI=1S/C39H46F3N5O6S2.C38H44F3N5O6S2/c1-7-9-10-11-16-46(6)35(49)29-17-26(21-47(29)32(48)20-38(19-25(38)8-2)36(50)45-55(51,52)37(5)14-15-37)53-30-18-28(34-44-31(22-54-34)39(40,41)42)43-33-24(4)23(3)12-13-27(30)33;1-22-11-12-26-29(17-27(42-32(26)23(22)2)33-43-30(21-53-33)38(39,40)41)52-25-16-28-34(48)45(4)15-9-7-5-6-8-10-24-18-37(24,19-31(47)46(28)20-25)35(49)44-54(50,51)36(3)13-14-36/h7-8,12-13,18,22,25-26,29H,1-2,9-11,14-17,19-21H2,3-6H3,(H,45,50);8,10-12,17,21,24-25,28H,5-7,9,13-16,18-20H2,1-4H3,(H,44,49)/b;10-8+/t25-,26?,29+,38-;24-,25?,28+,37-/m11/s1. The molecule has 2 aromatic carbocycles. The number of halogens is 6. The van der Waals surface area contributed by atoms with Gasteiger partial charge in [-0.15, -0.1) is 35.8 Å². The largest absolute Gasteiger partial charge is 0.488 e. The number of carbonyl (C=O) groups is 6. The maximum absolute atomic E-state index is 14.4. The fourth-order valence-electron chi connectivity index (χ4n) is 14.7. The second-order valence-corrected chi connectivity index (χ2v) is 36.9. The minimum atomic E-state index is -4.63. The van der Waals surface area contributed by atoms with Crippen molar-refractivity contribution < 1.29 is 81.4 Å². The molecule has 4 aliphatic carbocycles. The van der Waals surface area contributed by atoms with Gasteiger partial charge in [-0.2, -0.15) is 26.3 Å². The number of likely N-dealkylation sites (tertiary alicyclic amines) is 1. The molecule has 32 heteroatoms. The van der Waals surface area contributed by atoms with E-state index in [0.717, 1.165) is 94.2 Å². The third-order valence-electron chi connectivity index (χ3n) is 23.0. The number of carbonyl (C=O) groups excluding carboxylic acids is 6. The topological polar surface area (TPSA) is 278 Å². The number of hydrogen-bond acceptors (Lipinski definition) is 18. The van der Waals surface area contributed by atoms with E-state index in [-0.39, 0.29) is 84.3 Å². The van der Waals surface area contributed by atoms with E-state index in [4.69, 9.17) is 19.4 Å². The number of ether oxygens (including phenoxy) is 2. The molecule has 0 radical (unpaired) electrons. The molecule has 0 spiro atoms. The van der Waals surface area contributed by atoms with Gasteiger partial charge >= 0.3 is 12.4 Å². The van der Waals surface area contributed by atoms with Crippen LogP contribution in [-0.4, -0.2) is 166 Å². The fourth-order valence-corrected chi connectivity index (χ4v) is 18.9. The number of unbranched alkanes of at least 4 members (excludes halogenated alkanes) is 2. The number of nitrogens with zero attached hydrogens (tertiary/aromatic N) is 8. The SMILES string of the molecule is C=CCCCCN(C)C(=O)[C@@H]1CC(Oc2cc(-c3nc(C(F)(F)F)cs3)nc3c(C)c(C)ccc23)CN1C(=O)C[C@]1(C(=O)NS(=O)(=O)C2(C)CC2)C[C@H]1C=C.Cc1ccc2c(OC3C[C@H]4C(=O)N(C)CCCCC/C=C/[C@@H]5C[C@@]5(C(=O)NS(=O)(=O)C5(C)CC5)CC(=O)N4C3)cc(-c3nc(C(F)(F)F)cs3)nc2c1C. The Hall–Kier alpha value is -8.36. The maximum atomic E-state index is 14.4. The van der Waals surface area contributed by atoms with Crippen LogP contribution >= 0.6 is 22.7 Å². The van der Waals surface area contributed by atoms with Gasteiger partial charge in [0, 0.05) is 86.5 Å². The monoisotopic (exact) mass is 1590 g/mol. The molecule has 22 nitrogen and oxygen atoms in total. The summed E-state index contributed by atoms with van der Waals surface area (Å²) in [7, 11) is -4.56. The number of thiazole rings is 2. The number of aryl methyl sites for hydroxylation is 4. The predicted molar refractivity (Wildman–Crippen MR) is 401 cm³/mol. The molecule has 109 heavy (non-hydrogen) atoms. The third kappa shape index (κ3) is 16.5. The Labute approximate surface area is 637 Å². The van der Waals surface area contributed by atoms with Crippen molar-refractivity contribution in [2.24, 2.45) is 22.7 Å². The van der Waals surface area contributed by atoms with Crippen LogP contribution < -0.4 is 18.9 Å². The van der Waals surface area contributed by atoms with Gasteiger partial charge in [0.15, 0.2) is 11.4 Å². The van der Waals surface area contributed by atoms with Crippen molar-refractivity contribution in [2.45, 2.75) is 197 Å². The van der Waals surface area contributed by atoms with E-state index in [0.29, 0.717) is 84.9 Å². The molecule has 6 amide bonds. The summed E-state index contributed by atoms with van der Waals surface area (Å²) in [5.74, 6) is -3.16. The van der Waals surface area contributed by atoms with Crippen molar-refractivity contribution >= 4 is 100.0 Å². The first-order valence-corrected chi connectivity index (χ1v) is 41.3. The summed E-state index contributed by atoms with van der Waals surface area (Å²) >= 11 is 1.63. The maximum Gasteiger partial charge on any atom is 0.434 e. The molecule has 6 aromatic rings. The third-order valence-corrected chi connectivity index (χ3v) is 29.0. The number of amides is 6. The molecular formula is C77H90F6N10O12S4. The molecule has 4 aromatic heterocycles. The summed E-state index contributed by atoms with van der Waals surface area (Å²) in [4.78, 5) is 107. The van der Waals surface area contributed by atoms with Crippen LogP contribution in [0.15, 0.2) is 84.6 Å². The molecule has 13 rings (SSSR count). The highest BCUT2D eigenvalue weighted by molar-refractivity contribution is 7.92. The fraction of sp³-hybridized carbons (Fsp3) is 0.532. The number of aromatic nitrogens is 4. The number of likely N-dealkylation sites (N-methyl/N-ethyl adjacent to an activating group) is 2. The van der Waals surface area contributed by atoms with Gasteiger partial charge in [0.05, 0.1) is 44.4 Å². The van der Waals surface area contributed by atoms with E-state index in [2.05, 4.69) is 32.6 Å². The highest BCUT2D eigenvalue weighted by Crippen LogP contribution is 2.59. The molecule has 586 valence electrons. The average molecular weight is 1590 g/mol. The summed E-state index contributed by atoms with van der Waals surface area (Å²) in [5, 5.41) is 3.20. The van der Waals surface area contributed by atoms with Gasteiger partial charge < -0.3 is 29.1 Å². The number of pyridine rings is 2. The Morgan fingerprint density at radius 1 is 0.725 bits per heavy atom. The summed E-state index contributed by atoms with van der Waals surface area (Å²) < 4.78 is 149. The van der Waals surface area contributed by atoms with Crippen LogP contribution in [0.4, 0.5) is 26.3 Å². The van der Waals surface area contributed by atoms with Crippen LogP contribution in [0.5, 0.6) is 11.5 Å². The smallest absolute Gasteiger partial charge is 0.434 e. The van der Waals surface area contributed by atoms with E-state index in [1.165, 1.54) is 15.9 Å². The van der Waals surface area contributed by atoms with E-state index in [1.54, 1.807) is 56.0 Å². The number of fused-ring (bicyclic) bond motifs is 4. The summed E-state index contributed by atoms with van der Waals surface area (Å²) in [6, 6.07) is 8.62. The lowest BCUT2D eigenvalue weighted by atomic mass is 9.96. The Bertz CT molecular complexity index is 4900. The molecule has 2 saturated heterocycles. The second-order valence-electron chi connectivity index (χ2n) is 30.8. The molecular weight excluding hydrogens is 1500 g/mol. The number of hydrogen-bond donors (Lipinski definition) is 2. The zero-order valence-corrected chi connectivity index (χ0v) is 65.3. The minimum absolute atomic E-state index is 0.00286. The molecule has 7 aliphatic rings. The van der Waals surface area contributed by atoms with Crippen molar-refractivity contribution in [1.82, 2.24) is 49.0 Å². The van der Waals surface area contributed by atoms with Gasteiger partial charge in [0.1, 0.15) is 57.2 Å². The van der Waals surface area contributed by atoms with E-state index >= 15 is 0 Å². The minimum Gasteiger partial charge on any atom is -0.488 e. The summed E-state index contributed by atoms with van der Waals surface area (Å²) in [6.07, 6.45) is 4.04. The number of sulfonamides is 2. The van der Waals surface area contributed by atoms with Crippen LogP contribution in [0.25, 0.3) is 43.2 Å². The summed E-state index contributed by atoms with van der Waals surface area (Å²) in [6.45, 7) is 19.1. The molecule has 2 N–H and O–H groups in total. The van der Waals surface area contributed by atoms with Crippen molar-refractivity contribution in [3.8, 4) is 32.9 Å². The van der Waals surface area contributed by atoms with Gasteiger partial charge in [-0.05, 0) is 165 Å². The Morgan fingerprint density at radius 3 is 1.77 bits per heavy atom. The zero-order chi connectivity index (χ0) is 78.9. The lowest BCUT2D eigenvalue weighted by molar-refractivity contribution is -0.144. The average Bonchev–Trinajstić information content (AvgIpc) is 1.57. The van der Waals surface area contributed by atoms with Crippen molar-refractivity contribution in [2.75, 3.05) is 40.3 Å². The normalized spacial score (nSPS) is 24.8. The van der Waals surface area contributed by atoms with Crippen LogP contribution in [0.1, 0.15) is 157 Å². The number of rotatable bonds is 21. The highest BCUT2D eigenvalue weighted by Gasteiger charge is 2.64. The molecule has 7 heterocycles. The molecule has 2 unspecified atom stereocenters. The van der Waals surface area contributed by atoms with Crippen LogP contribution in [0, 0.1) is 50.4 Å². The van der Waals surface area contributed by atoms with Crippen LogP contribution in [-0.2, 0) is 61.2 Å². The zero-order valence-electron chi connectivity index (χ0n) is 62.0. The molecule has 8 atom stereocenters. The molecule has 6 fully saturated rings. The van der Waals surface area contributed by atoms with Gasteiger partial charge in [0.25, 0.3) is 0 Å². The lowest BCUT2D eigenvalue weighted by Gasteiger charge is -2.29. The first-order valence-electron chi connectivity index (χ1n) is 36.6. The first kappa shape index (κ1) is 80.2. The lowest BCUT2D eigenvalue weighted by Crippen LogP contribution is -2.49. The number of nitrogens with one attached hydrogen (secondary N) is 2. The first-order chi connectivity index (χ1) is 51.3. The van der Waals surface area contributed by atoms with Crippen LogP contribution in [0.2, 0.25) is 0 Å². The van der Waals surface area contributed by atoms with Crippen LogP contribution in [0.3, 0.4) is 0 Å². The van der Waals surface area contributed by atoms with Gasteiger partial charge in [-0.25, -0.2) is 36.8 Å². The van der Waals surface area contributed by atoms with Gasteiger partial charge in [-0.3, -0.25) is 38.2 Å². The number of allylic oxidation sites excluding steroid dienone is 4. The Morgan fingerprint density at radius 2 is 1.27 bits per heavy atom. The van der Waals surface area contributed by atoms with Crippen molar-refractivity contribution in [3.63, 3.8) is 0 Å². The molecule has 4 saturated carbocycles. The van der Waals surface area contributed by atoms with E-state index in [9.17, 15) is 71.9 Å².